The van der Waals surface area contributed by atoms with Gasteiger partial charge in [-0.3, -0.25) is 0 Å². The van der Waals surface area contributed by atoms with Crippen molar-refractivity contribution in [3.8, 4) is 11.5 Å². The lowest BCUT2D eigenvalue weighted by Crippen LogP contribution is -1.93. The number of aliphatic hydroxyl groups is 2. The van der Waals surface area contributed by atoms with Crippen molar-refractivity contribution in [1.82, 2.24) is 0 Å². The molecule has 0 fully saturated rings. The summed E-state index contributed by atoms with van der Waals surface area (Å²) in [6, 6.07) is 10.1. The van der Waals surface area contributed by atoms with E-state index in [2.05, 4.69) is 0 Å². The lowest BCUT2D eigenvalue weighted by molar-refractivity contribution is 0.275. The van der Waals surface area contributed by atoms with Crippen molar-refractivity contribution in [1.29, 1.82) is 0 Å². The monoisotopic (exact) mass is 260 g/mol. The van der Waals surface area contributed by atoms with Gasteiger partial charge in [-0.1, -0.05) is 12.1 Å². The number of aromatic hydroxyl groups is 2. The molecule has 0 atom stereocenters. The number of benzene rings is 2. The average molecular weight is 260 g/mol. The first kappa shape index (κ1) is 13.4. The zero-order valence-corrected chi connectivity index (χ0v) is 10.4. The summed E-state index contributed by atoms with van der Waals surface area (Å²) in [5.74, 6) is 0.154. The Kier molecular flexibility index (Phi) is 4.04. The van der Waals surface area contributed by atoms with Crippen molar-refractivity contribution in [3.63, 3.8) is 0 Å². The van der Waals surface area contributed by atoms with E-state index in [-0.39, 0.29) is 24.7 Å². The van der Waals surface area contributed by atoms with Crippen LogP contribution in [0.5, 0.6) is 11.5 Å². The van der Waals surface area contributed by atoms with Crippen molar-refractivity contribution in [2.75, 3.05) is 0 Å². The second-order valence-corrected chi connectivity index (χ2v) is 4.42. The number of rotatable bonds is 4. The van der Waals surface area contributed by atoms with Gasteiger partial charge in [0.25, 0.3) is 0 Å². The molecule has 100 valence electrons. The Morgan fingerprint density at radius 2 is 1.11 bits per heavy atom. The van der Waals surface area contributed by atoms with Gasteiger partial charge in [0.05, 0.1) is 13.2 Å². The van der Waals surface area contributed by atoms with Gasteiger partial charge in [-0.25, -0.2) is 0 Å². The van der Waals surface area contributed by atoms with Crippen LogP contribution in [0.15, 0.2) is 36.4 Å². The van der Waals surface area contributed by atoms with E-state index < -0.39 is 0 Å². The SMILES string of the molecule is OCc1cc(Cc2ccc(O)c(CO)c2)ccc1O. The molecule has 0 aromatic heterocycles. The van der Waals surface area contributed by atoms with Gasteiger partial charge in [0.2, 0.25) is 0 Å². The van der Waals surface area contributed by atoms with Gasteiger partial charge >= 0.3 is 0 Å². The van der Waals surface area contributed by atoms with E-state index in [4.69, 9.17) is 10.2 Å². The highest BCUT2D eigenvalue weighted by molar-refractivity contribution is 5.40. The minimum atomic E-state index is -0.211. The van der Waals surface area contributed by atoms with Crippen LogP contribution in [0.2, 0.25) is 0 Å². The molecule has 0 saturated carbocycles. The predicted molar refractivity (Wildman–Crippen MR) is 70.9 cm³/mol. The third-order valence-electron chi connectivity index (χ3n) is 3.04. The number of hydrogen-bond acceptors (Lipinski definition) is 4. The Bertz CT molecular complexity index is 527. The normalized spacial score (nSPS) is 10.6. The summed E-state index contributed by atoms with van der Waals surface area (Å²) in [5.41, 5.74) is 2.85. The molecule has 4 heteroatoms. The molecule has 0 saturated heterocycles. The van der Waals surface area contributed by atoms with Crippen molar-refractivity contribution in [2.24, 2.45) is 0 Å². The van der Waals surface area contributed by atoms with Crippen molar-refractivity contribution < 1.29 is 20.4 Å². The standard InChI is InChI=1S/C15H16O4/c16-8-12-6-10(1-3-14(12)18)5-11-2-4-15(19)13(7-11)9-17/h1-4,6-7,16-19H,5,8-9H2. The predicted octanol–water partition coefficient (Wildman–Crippen LogP) is 1.67. The Labute approximate surface area is 111 Å². The van der Waals surface area contributed by atoms with E-state index >= 15 is 0 Å². The van der Waals surface area contributed by atoms with Gasteiger partial charge in [-0.2, -0.15) is 0 Å². The van der Waals surface area contributed by atoms with Gasteiger partial charge in [0.1, 0.15) is 11.5 Å². The lowest BCUT2D eigenvalue weighted by Gasteiger charge is -2.08. The summed E-state index contributed by atoms with van der Waals surface area (Å²) < 4.78 is 0. The van der Waals surface area contributed by atoms with Crippen LogP contribution < -0.4 is 0 Å². The summed E-state index contributed by atoms with van der Waals surface area (Å²) in [4.78, 5) is 0. The summed E-state index contributed by atoms with van der Waals surface area (Å²) in [6.07, 6.45) is 0.598. The van der Waals surface area contributed by atoms with Gasteiger partial charge in [-0.05, 0) is 41.8 Å². The maximum Gasteiger partial charge on any atom is 0.121 e. The van der Waals surface area contributed by atoms with Crippen molar-refractivity contribution in [2.45, 2.75) is 19.6 Å². The summed E-state index contributed by atoms with van der Waals surface area (Å²) in [6.45, 7) is -0.422. The zero-order valence-electron chi connectivity index (χ0n) is 10.4. The minimum absolute atomic E-state index is 0.0769. The van der Waals surface area contributed by atoms with Gasteiger partial charge in [0, 0.05) is 11.1 Å². The molecular weight excluding hydrogens is 244 g/mol. The molecule has 0 spiro atoms. The molecule has 19 heavy (non-hydrogen) atoms. The molecule has 2 aromatic carbocycles. The third-order valence-corrected chi connectivity index (χ3v) is 3.04. The fraction of sp³-hybridized carbons (Fsp3) is 0.200. The minimum Gasteiger partial charge on any atom is -0.508 e. The first-order valence-corrected chi connectivity index (χ1v) is 5.97. The number of phenols is 2. The Hall–Kier alpha value is -2.04. The molecule has 0 aliphatic rings. The molecular formula is C15H16O4. The van der Waals surface area contributed by atoms with Gasteiger partial charge in [0.15, 0.2) is 0 Å². The van der Waals surface area contributed by atoms with E-state index in [1.54, 1.807) is 36.4 Å². The van der Waals surface area contributed by atoms with Gasteiger partial charge < -0.3 is 20.4 Å². The molecule has 4 nitrogen and oxygen atoms in total. The maximum absolute atomic E-state index is 9.49. The van der Waals surface area contributed by atoms with Crippen LogP contribution in [0, 0.1) is 0 Å². The van der Waals surface area contributed by atoms with E-state index in [0.29, 0.717) is 17.5 Å². The smallest absolute Gasteiger partial charge is 0.121 e. The summed E-state index contributed by atoms with van der Waals surface area (Å²) in [7, 11) is 0. The molecule has 0 aliphatic carbocycles. The quantitative estimate of drug-likeness (QED) is 0.674. The van der Waals surface area contributed by atoms with E-state index in [1.807, 2.05) is 0 Å². The van der Waals surface area contributed by atoms with Crippen LogP contribution in [-0.4, -0.2) is 20.4 Å². The second-order valence-electron chi connectivity index (χ2n) is 4.42. The lowest BCUT2D eigenvalue weighted by atomic mass is 10.0. The average Bonchev–Trinajstić information content (AvgIpc) is 2.43. The second kappa shape index (κ2) is 5.73. The van der Waals surface area contributed by atoms with Crippen LogP contribution in [-0.2, 0) is 19.6 Å². The first-order valence-electron chi connectivity index (χ1n) is 5.97. The molecule has 0 radical (unpaired) electrons. The topological polar surface area (TPSA) is 80.9 Å². The van der Waals surface area contributed by atoms with Crippen LogP contribution in [0.4, 0.5) is 0 Å². The molecule has 0 bridgehead atoms. The van der Waals surface area contributed by atoms with Gasteiger partial charge in [-0.15, -0.1) is 0 Å². The largest absolute Gasteiger partial charge is 0.508 e. The summed E-state index contributed by atoms with van der Waals surface area (Å²) >= 11 is 0. The fourth-order valence-corrected chi connectivity index (χ4v) is 1.99. The molecule has 4 N–H and O–H groups in total. The van der Waals surface area contributed by atoms with E-state index in [1.165, 1.54) is 0 Å². The van der Waals surface area contributed by atoms with Crippen molar-refractivity contribution in [3.05, 3.63) is 58.7 Å². The maximum atomic E-state index is 9.49. The first-order chi connectivity index (χ1) is 9.13. The van der Waals surface area contributed by atoms with Crippen LogP contribution in [0.1, 0.15) is 22.3 Å². The van der Waals surface area contributed by atoms with Crippen LogP contribution in [0.3, 0.4) is 0 Å². The van der Waals surface area contributed by atoms with Crippen LogP contribution in [0.25, 0.3) is 0 Å². The number of hydrogen-bond donors (Lipinski definition) is 4. The molecule has 0 amide bonds. The molecule has 0 heterocycles. The third kappa shape index (κ3) is 3.05. The zero-order chi connectivity index (χ0) is 13.8. The van der Waals surface area contributed by atoms with E-state index in [9.17, 15) is 10.2 Å². The highest BCUT2D eigenvalue weighted by Crippen LogP contribution is 2.23. The Morgan fingerprint density at radius 3 is 1.47 bits per heavy atom. The Morgan fingerprint density at radius 1 is 0.684 bits per heavy atom. The molecule has 2 aromatic rings. The van der Waals surface area contributed by atoms with Crippen molar-refractivity contribution >= 4 is 0 Å². The highest BCUT2D eigenvalue weighted by atomic mass is 16.3. The molecule has 0 aliphatic heterocycles. The highest BCUT2D eigenvalue weighted by Gasteiger charge is 2.05. The fourth-order valence-electron chi connectivity index (χ4n) is 1.99. The van der Waals surface area contributed by atoms with E-state index in [0.717, 1.165) is 11.1 Å². The van der Waals surface area contributed by atoms with Crippen LogP contribution >= 0.6 is 0 Å². The summed E-state index contributed by atoms with van der Waals surface area (Å²) in [5, 5.41) is 37.2. The number of aliphatic hydroxyl groups excluding tert-OH is 2. The molecule has 2 rings (SSSR count). The molecule has 0 unspecified atom stereocenters. The Balaban J connectivity index is 2.25.